The average molecular weight is 654 g/mol. The summed E-state index contributed by atoms with van der Waals surface area (Å²) in [6.45, 7) is 3.41. The molecule has 3 aromatic heterocycles. The van der Waals surface area contributed by atoms with Crippen molar-refractivity contribution in [1.82, 2.24) is 29.4 Å². The van der Waals surface area contributed by atoms with E-state index in [1.807, 2.05) is 35.5 Å². The van der Waals surface area contributed by atoms with Gasteiger partial charge in [0.25, 0.3) is 0 Å². The lowest BCUT2D eigenvalue weighted by molar-refractivity contribution is 0.0685. The van der Waals surface area contributed by atoms with Crippen molar-refractivity contribution in [3.63, 3.8) is 0 Å². The smallest absolute Gasteiger partial charge is 0.352 e. The summed E-state index contributed by atoms with van der Waals surface area (Å²) in [5.74, 6) is -0.0648. The molecule has 8 rings (SSSR count). The third-order valence-corrected chi connectivity index (χ3v) is 10.4. The molecule has 0 saturated carbocycles. The van der Waals surface area contributed by atoms with Gasteiger partial charge in [0.2, 0.25) is 0 Å². The fourth-order valence-corrected chi connectivity index (χ4v) is 8.20. The van der Waals surface area contributed by atoms with Crippen molar-refractivity contribution in [3.05, 3.63) is 80.5 Å². The van der Waals surface area contributed by atoms with Crippen LogP contribution in [0.5, 0.6) is 5.75 Å². The van der Waals surface area contributed by atoms with Gasteiger partial charge >= 0.3 is 5.97 Å². The summed E-state index contributed by atoms with van der Waals surface area (Å²) in [4.78, 5) is 12.8. The van der Waals surface area contributed by atoms with Crippen LogP contribution in [0.15, 0.2) is 30.3 Å². The van der Waals surface area contributed by atoms with E-state index in [0.29, 0.717) is 43.3 Å². The first kappa shape index (κ1) is 30.1. The minimum absolute atomic E-state index is 0.293. The van der Waals surface area contributed by atoms with Crippen molar-refractivity contribution in [2.45, 2.75) is 71.0 Å². The van der Waals surface area contributed by atoms with Gasteiger partial charge in [0.1, 0.15) is 11.4 Å². The SMILES string of the molecule is Cn1nc2cc1CCc1cc3c(c(c1)OCCCc1c(C(=O)O)n(C)c4c(c(Cl)ccc14)-c1c(nn4c1CCC4)CNC2)NCCC3. The number of hydrogen-bond donors (Lipinski definition) is 3. The van der Waals surface area contributed by atoms with Crippen molar-refractivity contribution in [2.75, 3.05) is 18.5 Å². The molecule has 10 nitrogen and oxygen atoms in total. The molecule has 3 N–H and O–H groups in total. The van der Waals surface area contributed by atoms with Gasteiger partial charge in [-0.3, -0.25) is 9.36 Å². The predicted octanol–water partition coefficient (Wildman–Crippen LogP) is 5.83. The van der Waals surface area contributed by atoms with Crippen LogP contribution in [0.3, 0.4) is 0 Å². The predicted molar refractivity (Wildman–Crippen MR) is 183 cm³/mol. The van der Waals surface area contributed by atoms with E-state index in [9.17, 15) is 9.90 Å². The number of ether oxygens (including phenoxy) is 1. The molecule has 3 aliphatic rings. The quantitative estimate of drug-likeness (QED) is 0.209. The molecule has 11 heteroatoms. The fraction of sp³-hybridized carbons (Fsp3) is 0.417. The molecule has 0 spiro atoms. The minimum atomic E-state index is -0.945. The lowest BCUT2D eigenvalue weighted by Gasteiger charge is -2.23. The maximum atomic E-state index is 12.8. The van der Waals surface area contributed by atoms with E-state index in [-0.39, 0.29) is 0 Å². The molecule has 244 valence electrons. The Morgan fingerprint density at radius 2 is 1.87 bits per heavy atom. The maximum Gasteiger partial charge on any atom is 0.352 e. The van der Waals surface area contributed by atoms with E-state index in [1.165, 1.54) is 16.8 Å². The third-order valence-electron chi connectivity index (χ3n) is 10.1. The summed E-state index contributed by atoms with van der Waals surface area (Å²) >= 11 is 7.05. The van der Waals surface area contributed by atoms with E-state index in [0.717, 1.165) is 108 Å². The van der Waals surface area contributed by atoms with Crippen LogP contribution in [-0.2, 0) is 65.8 Å². The highest BCUT2D eigenvalue weighted by atomic mass is 35.5. The number of halogens is 1. The largest absolute Gasteiger partial charge is 0.491 e. The molecule has 0 saturated heterocycles. The number of anilines is 1. The van der Waals surface area contributed by atoms with Crippen molar-refractivity contribution < 1.29 is 14.6 Å². The van der Waals surface area contributed by atoms with Crippen LogP contribution in [0.1, 0.15) is 69.2 Å². The summed E-state index contributed by atoms with van der Waals surface area (Å²) in [5.41, 5.74) is 11.7. The second-order valence-corrected chi connectivity index (χ2v) is 13.5. The number of nitrogens with one attached hydrogen (secondary N) is 2. The monoisotopic (exact) mass is 653 g/mol. The highest BCUT2D eigenvalue weighted by Crippen LogP contribution is 2.43. The Morgan fingerprint density at radius 3 is 2.74 bits per heavy atom. The standard InChI is InChI=1S/C36H40ClN7O3/c1-42-34-26-11-12-27(37)31(34)32-28(41-44-14-4-8-29(32)44)20-38-19-23-18-24(43(2)40-23)10-9-21-16-22-6-3-13-39-33(22)30(17-21)47-15-5-7-25(26)35(42)36(45)46/h11-12,16-18,38-39H,3-10,13-15,19-20H2,1-2H3,(H,45,46). The highest BCUT2D eigenvalue weighted by Gasteiger charge is 2.30. The highest BCUT2D eigenvalue weighted by molar-refractivity contribution is 6.35. The molecule has 2 aromatic carbocycles. The Hall–Kier alpha value is -4.28. The van der Waals surface area contributed by atoms with Gasteiger partial charge in [-0.05, 0) is 86.3 Å². The number of nitrogens with zero attached hydrogens (tertiary/aromatic N) is 5. The molecular weight excluding hydrogens is 614 g/mol. The number of fused-ring (bicyclic) bond motifs is 10. The molecule has 0 radical (unpaired) electrons. The molecule has 0 atom stereocenters. The molecule has 0 fully saturated rings. The number of hydrogen-bond acceptors (Lipinski definition) is 6. The van der Waals surface area contributed by atoms with E-state index in [4.69, 9.17) is 26.5 Å². The molecule has 6 heterocycles. The van der Waals surface area contributed by atoms with Crippen LogP contribution in [-0.4, -0.2) is 48.4 Å². The Kier molecular flexibility index (Phi) is 7.72. The topological polar surface area (TPSA) is 111 Å². The third kappa shape index (κ3) is 5.27. The van der Waals surface area contributed by atoms with Gasteiger partial charge in [-0.2, -0.15) is 10.2 Å². The lowest BCUT2D eigenvalue weighted by atomic mass is 9.97. The molecule has 5 aromatic rings. The zero-order valence-corrected chi connectivity index (χ0v) is 27.7. The van der Waals surface area contributed by atoms with Gasteiger partial charge in [0.15, 0.2) is 0 Å². The van der Waals surface area contributed by atoms with Crippen molar-refractivity contribution in [3.8, 4) is 16.9 Å². The number of carboxylic acids is 1. The number of aryl methyl sites for hydroxylation is 7. The van der Waals surface area contributed by atoms with Crippen LogP contribution in [0.4, 0.5) is 5.69 Å². The Bertz CT molecular complexity index is 2040. The molecule has 47 heavy (non-hydrogen) atoms. The van der Waals surface area contributed by atoms with Gasteiger partial charge in [-0.1, -0.05) is 23.7 Å². The van der Waals surface area contributed by atoms with Gasteiger partial charge in [-0.25, -0.2) is 4.79 Å². The molecule has 3 aliphatic heterocycles. The second kappa shape index (κ2) is 12.1. The first-order valence-electron chi connectivity index (χ1n) is 16.7. The number of aromatic nitrogens is 5. The number of benzene rings is 2. The zero-order chi connectivity index (χ0) is 32.2. The molecule has 8 bridgehead atoms. The number of rotatable bonds is 1. The van der Waals surface area contributed by atoms with Crippen LogP contribution in [0.25, 0.3) is 22.0 Å². The maximum absolute atomic E-state index is 12.8. The van der Waals surface area contributed by atoms with Crippen molar-refractivity contribution in [2.24, 2.45) is 14.1 Å². The summed E-state index contributed by atoms with van der Waals surface area (Å²) in [6.07, 6.45) is 7.06. The molecule has 0 amide bonds. The first-order chi connectivity index (χ1) is 22.9. The van der Waals surface area contributed by atoms with Crippen molar-refractivity contribution in [1.29, 1.82) is 0 Å². The Morgan fingerprint density at radius 1 is 0.979 bits per heavy atom. The first-order valence-corrected chi connectivity index (χ1v) is 17.1. The van der Waals surface area contributed by atoms with E-state index < -0.39 is 5.97 Å². The van der Waals surface area contributed by atoms with Crippen LogP contribution >= 0.6 is 11.6 Å². The summed E-state index contributed by atoms with van der Waals surface area (Å²) in [7, 11) is 3.86. The number of aromatic carboxylic acids is 1. The molecular formula is C36H40ClN7O3. The fourth-order valence-electron chi connectivity index (χ4n) is 7.95. The van der Waals surface area contributed by atoms with Crippen LogP contribution in [0, 0.1) is 0 Å². The van der Waals surface area contributed by atoms with Crippen LogP contribution in [0.2, 0.25) is 5.02 Å². The van der Waals surface area contributed by atoms with Gasteiger partial charge in [-0.15, -0.1) is 0 Å². The molecule has 0 aliphatic carbocycles. The summed E-state index contributed by atoms with van der Waals surface area (Å²) in [6, 6.07) is 10.6. The Labute approximate surface area is 278 Å². The van der Waals surface area contributed by atoms with Gasteiger partial charge in [0.05, 0.1) is 34.2 Å². The zero-order valence-electron chi connectivity index (χ0n) is 27.0. The molecule has 0 unspecified atom stereocenters. The summed E-state index contributed by atoms with van der Waals surface area (Å²) in [5, 5.41) is 29.0. The normalized spacial score (nSPS) is 16.6. The van der Waals surface area contributed by atoms with Gasteiger partial charge < -0.3 is 25.0 Å². The minimum Gasteiger partial charge on any atom is -0.491 e. The number of carbonyl (C=O) groups is 1. The average Bonchev–Trinajstić information content (AvgIpc) is 3.80. The van der Waals surface area contributed by atoms with E-state index >= 15 is 0 Å². The Balaban J connectivity index is 1.25. The lowest BCUT2D eigenvalue weighted by Crippen LogP contribution is -2.15. The number of carboxylic acid groups (broad SMARTS) is 1. The van der Waals surface area contributed by atoms with Gasteiger partial charge in [0, 0.05) is 68.2 Å². The second-order valence-electron chi connectivity index (χ2n) is 13.1. The summed E-state index contributed by atoms with van der Waals surface area (Å²) < 4.78 is 12.4. The van der Waals surface area contributed by atoms with E-state index in [2.05, 4.69) is 33.5 Å². The van der Waals surface area contributed by atoms with E-state index in [1.54, 1.807) is 0 Å². The van der Waals surface area contributed by atoms with Crippen molar-refractivity contribution >= 4 is 34.2 Å². The van der Waals surface area contributed by atoms with Crippen LogP contribution < -0.4 is 15.4 Å².